The third-order valence-corrected chi connectivity index (χ3v) is 4.91. The summed E-state index contributed by atoms with van der Waals surface area (Å²) in [4.78, 5) is 16.3. The molecule has 0 aliphatic carbocycles. The number of hydrogen-bond donors (Lipinski definition) is 0. The van der Waals surface area contributed by atoms with Crippen LogP contribution in [0.5, 0.6) is 0 Å². The predicted molar refractivity (Wildman–Crippen MR) is 100 cm³/mol. The minimum Gasteiger partial charge on any atom is -0.443 e. The van der Waals surface area contributed by atoms with Crippen LogP contribution in [0.15, 0.2) is 60.7 Å². The molecule has 26 heavy (non-hydrogen) atoms. The highest BCUT2D eigenvalue weighted by Gasteiger charge is 2.35. The van der Waals surface area contributed by atoms with Crippen LogP contribution in [0.3, 0.4) is 0 Å². The number of benzene rings is 2. The molecular formula is C21H24N2O3. The van der Waals surface area contributed by atoms with Crippen LogP contribution in [0.4, 0.5) is 10.5 Å². The molecule has 2 fully saturated rings. The van der Waals surface area contributed by atoms with Crippen LogP contribution >= 0.6 is 0 Å². The minimum atomic E-state index is -0.262. The summed E-state index contributed by atoms with van der Waals surface area (Å²) in [6.07, 6.45) is -0.176. The lowest BCUT2D eigenvalue weighted by Crippen LogP contribution is -2.46. The van der Waals surface area contributed by atoms with E-state index in [1.54, 1.807) is 4.90 Å². The molecule has 2 aromatic carbocycles. The third kappa shape index (κ3) is 3.74. The van der Waals surface area contributed by atoms with Gasteiger partial charge in [0.2, 0.25) is 0 Å². The summed E-state index contributed by atoms with van der Waals surface area (Å²) >= 11 is 0. The number of nitrogens with zero attached hydrogens (tertiary/aromatic N) is 2. The number of hydrogen-bond acceptors (Lipinski definition) is 4. The van der Waals surface area contributed by atoms with E-state index in [2.05, 4.69) is 24.0 Å². The fourth-order valence-electron chi connectivity index (χ4n) is 3.76. The van der Waals surface area contributed by atoms with Crippen LogP contribution in [0.25, 0.3) is 0 Å². The van der Waals surface area contributed by atoms with E-state index in [0.717, 1.165) is 25.3 Å². The van der Waals surface area contributed by atoms with Gasteiger partial charge in [-0.2, -0.15) is 0 Å². The van der Waals surface area contributed by atoms with Crippen molar-refractivity contribution in [1.82, 2.24) is 4.90 Å². The molecule has 0 bridgehead atoms. The minimum absolute atomic E-state index is 0.0577. The van der Waals surface area contributed by atoms with Crippen molar-refractivity contribution in [2.75, 3.05) is 31.1 Å². The Hall–Kier alpha value is -2.37. The molecule has 2 heterocycles. The van der Waals surface area contributed by atoms with Gasteiger partial charge < -0.3 is 9.47 Å². The Labute approximate surface area is 154 Å². The molecule has 2 aliphatic rings. The van der Waals surface area contributed by atoms with E-state index in [4.69, 9.17) is 9.47 Å². The van der Waals surface area contributed by atoms with Gasteiger partial charge in [-0.25, -0.2) is 4.79 Å². The van der Waals surface area contributed by atoms with Crippen LogP contribution in [0.2, 0.25) is 0 Å². The summed E-state index contributed by atoms with van der Waals surface area (Å²) in [5.41, 5.74) is 2.08. The Morgan fingerprint density at radius 3 is 2.38 bits per heavy atom. The fraction of sp³-hybridized carbons (Fsp3) is 0.381. The van der Waals surface area contributed by atoms with Gasteiger partial charge in [-0.15, -0.1) is 0 Å². The number of carbonyl (C=O) groups excluding carboxylic acids is 1. The molecular weight excluding hydrogens is 328 g/mol. The van der Waals surface area contributed by atoms with Crippen molar-refractivity contribution >= 4 is 11.8 Å². The topological polar surface area (TPSA) is 42.0 Å². The van der Waals surface area contributed by atoms with Gasteiger partial charge in [-0.3, -0.25) is 9.80 Å². The average Bonchev–Trinajstić information content (AvgIpc) is 3.03. The third-order valence-electron chi connectivity index (χ3n) is 4.91. The fourth-order valence-corrected chi connectivity index (χ4v) is 3.76. The number of anilines is 1. The molecule has 0 radical (unpaired) electrons. The highest BCUT2D eigenvalue weighted by molar-refractivity contribution is 5.89. The summed E-state index contributed by atoms with van der Waals surface area (Å²) < 4.78 is 11.7. The Morgan fingerprint density at radius 2 is 1.65 bits per heavy atom. The van der Waals surface area contributed by atoms with Crippen LogP contribution in [-0.2, 0) is 9.47 Å². The van der Waals surface area contributed by atoms with Crippen molar-refractivity contribution in [3.8, 4) is 0 Å². The van der Waals surface area contributed by atoms with Crippen molar-refractivity contribution in [2.45, 2.75) is 25.2 Å². The smallest absolute Gasteiger partial charge is 0.414 e. The first-order valence-electron chi connectivity index (χ1n) is 9.15. The van der Waals surface area contributed by atoms with Gasteiger partial charge in [-0.1, -0.05) is 48.5 Å². The second-order valence-corrected chi connectivity index (χ2v) is 7.02. The number of carbonyl (C=O) groups is 1. The van der Waals surface area contributed by atoms with E-state index >= 15 is 0 Å². The lowest BCUT2D eigenvalue weighted by Gasteiger charge is -2.37. The van der Waals surface area contributed by atoms with E-state index in [1.165, 1.54) is 5.56 Å². The second-order valence-electron chi connectivity index (χ2n) is 7.02. The SMILES string of the molecule is CC1CN(CC2CN(c3ccccc3)C(=O)O2)CC(c2ccccc2)O1. The van der Waals surface area contributed by atoms with Gasteiger partial charge in [0.05, 0.1) is 18.8 Å². The first-order chi connectivity index (χ1) is 12.7. The summed E-state index contributed by atoms with van der Waals surface area (Å²) in [6, 6.07) is 20.0. The monoisotopic (exact) mass is 352 g/mol. The number of para-hydroxylation sites is 1. The van der Waals surface area contributed by atoms with E-state index in [0.29, 0.717) is 6.54 Å². The number of rotatable bonds is 4. The van der Waals surface area contributed by atoms with Crippen molar-refractivity contribution in [3.63, 3.8) is 0 Å². The first-order valence-corrected chi connectivity index (χ1v) is 9.15. The van der Waals surface area contributed by atoms with Gasteiger partial charge >= 0.3 is 6.09 Å². The maximum atomic E-state index is 12.2. The highest BCUT2D eigenvalue weighted by atomic mass is 16.6. The molecule has 0 saturated carbocycles. The largest absolute Gasteiger partial charge is 0.443 e. The molecule has 5 nitrogen and oxygen atoms in total. The van der Waals surface area contributed by atoms with Crippen molar-refractivity contribution in [2.24, 2.45) is 0 Å². The Bertz CT molecular complexity index is 737. The van der Waals surface area contributed by atoms with Crippen molar-refractivity contribution < 1.29 is 14.3 Å². The molecule has 3 atom stereocenters. The van der Waals surface area contributed by atoms with Crippen LogP contribution in [-0.4, -0.2) is 49.4 Å². The quantitative estimate of drug-likeness (QED) is 0.845. The maximum absolute atomic E-state index is 12.2. The van der Waals surface area contributed by atoms with Gasteiger partial charge in [0.15, 0.2) is 0 Å². The van der Waals surface area contributed by atoms with Crippen molar-refractivity contribution in [3.05, 3.63) is 66.2 Å². The molecule has 1 amide bonds. The van der Waals surface area contributed by atoms with Gasteiger partial charge in [0.25, 0.3) is 0 Å². The number of cyclic esters (lactones) is 1. The summed E-state index contributed by atoms with van der Waals surface area (Å²) in [5.74, 6) is 0. The van der Waals surface area contributed by atoms with Crippen LogP contribution in [0, 0.1) is 0 Å². The molecule has 5 heteroatoms. The molecule has 2 saturated heterocycles. The van der Waals surface area contributed by atoms with Gasteiger partial charge in [-0.05, 0) is 24.6 Å². The maximum Gasteiger partial charge on any atom is 0.414 e. The predicted octanol–water partition coefficient (Wildman–Crippen LogP) is 3.47. The molecule has 2 aromatic rings. The zero-order chi connectivity index (χ0) is 17.9. The summed E-state index contributed by atoms with van der Waals surface area (Å²) in [5, 5.41) is 0. The number of ether oxygens (including phenoxy) is 2. The summed E-state index contributed by atoms with van der Waals surface area (Å²) in [6.45, 7) is 5.08. The normalized spacial score (nSPS) is 26.7. The highest BCUT2D eigenvalue weighted by Crippen LogP contribution is 2.27. The molecule has 3 unspecified atom stereocenters. The van der Waals surface area contributed by atoms with E-state index in [1.807, 2.05) is 48.5 Å². The van der Waals surface area contributed by atoms with Gasteiger partial charge in [0, 0.05) is 25.3 Å². The average molecular weight is 352 g/mol. The molecule has 0 spiro atoms. The zero-order valence-electron chi connectivity index (χ0n) is 15.0. The molecule has 0 N–H and O–H groups in total. The Kier molecular flexibility index (Phi) is 4.91. The second kappa shape index (κ2) is 7.48. The molecule has 0 aromatic heterocycles. The summed E-state index contributed by atoms with van der Waals surface area (Å²) in [7, 11) is 0. The molecule has 136 valence electrons. The van der Waals surface area contributed by atoms with Crippen molar-refractivity contribution in [1.29, 1.82) is 0 Å². The lowest BCUT2D eigenvalue weighted by molar-refractivity contribution is -0.0849. The Morgan fingerprint density at radius 1 is 0.962 bits per heavy atom. The van der Waals surface area contributed by atoms with E-state index < -0.39 is 0 Å². The van der Waals surface area contributed by atoms with Crippen LogP contribution < -0.4 is 4.90 Å². The van der Waals surface area contributed by atoms with Gasteiger partial charge in [0.1, 0.15) is 6.10 Å². The number of amides is 1. The van der Waals surface area contributed by atoms with E-state index in [9.17, 15) is 4.79 Å². The lowest BCUT2D eigenvalue weighted by atomic mass is 10.1. The van der Waals surface area contributed by atoms with Crippen LogP contribution in [0.1, 0.15) is 18.6 Å². The molecule has 4 rings (SSSR count). The number of morpholine rings is 1. The molecule has 2 aliphatic heterocycles. The Balaban J connectivity index is 1.40. The standard InChI is InChI=1S/C21H24N2O3/c1-16-12-22(15-20(25-16)17-8-4-2-5-9-17)13-19-14-23(21(24)26-19)18-10-6-3-7-11-18/h2-11,16,19-20H,12-15H2,1H3. The van der Waals surface area contributed by atoms with E-state index in [-0.39, 0.29) is 24.4 Å². The first kappa shape index (κ1) is 17.1. The zero-order valence-corrected chi connectivity index (χ0v) is 15.0.